The summed E-state index contributed by atoms with van der Waals surface area (Å²) < 4.78 is 10.6. The molecule has 0 atom stereocenters. The van der Waals surface area contributed by atoms with Crippen molar-refractivity contribution < 1.29 is 13.9 Å². The van der Waals surface area contributed by atoms with Crippen molar-refractivity contribution in [3.63, 3.8) is 0 Å². The van der Waals surface area contributed by atoms with Crippen LogP contribution >= 0.6 is 24.0 Å². The summed E-state index contributed by atoms with van der Waals surface area (Å²) in [6, 6.07) is 11.0. The Labute approximate surface area is 194 Å². The van der Waals surface area contributed by atoms with Crippen LogP contribution in [0.5, 0.6) is 0 Å². The first-order valence-corrected chi connectivity index (χ1v) is 9.94. The summed E-state index contributed by atoms with van der Waals surface area (Å²) >= 11 is 0. The van der Waals surface area contributed by atoms with Crippen molar-refractivity contribution in [3.8, 4) is 0 Å². The van der Waals surface area contributed by atoms with Gasteiger partial charge in [-0.25, -0.2) is 4.99 Å². The number of furan rings is 1. The van der Waals surface area contributed by atoms with Gasteiger partial charge in [0.1, 0.15) is 5.76 Å². The molecule has 1 saturated heterocycles. The van der Waals surface area contributed by atoms with E-state index in [-0.39, 0.29) is 29.9 Å². The molecule has 1 fully saturated rings. The number of ether oxygens (including phenoxy) is 1. The van der Waals surface area contributed by atoms with Gasteiger partial charge in [0.15, 0.2) is 5.96 Å². The van der Waals surface area contributed by atoms with Gasteiger partial charge >= 0.3 is 0 Å². The predicted molar refractivity (Wildman–Crippen MR) is 127 cm³/mol. The first-order valence-electron chi connectivity index (χ1n) is 9.94. The number of guanidine groups is 1. The summed E-state index contributed by atoms with van der Waals surface area (Å²) in [6.45, 7) is 6.20. The van der Waals surface area contributed by atoms with Gasteiger partial charge in [0, 0.05) is 25.2 Å². The number of hydrogen-bond acceptors (Lipinski definition) is 5. The normalized spacial score (nSPS) is 14.7. The monoisotopic (exact) mass is 527 g/mol. The number of aliphatic imine (C=N–C) groups is 1. The second-order valence-electron chi connectivity index (χ2n) is 6.90. The highest BCUT2D eigenvalue weighted by Crippen LogP contribution is 2.08. The molecule has 4 N–H and O–H groups in total. The van der Waals surface area contributed by atoms with E-state index < -0.39 is 0 Å². The first-order chi connectivity index (χ1) is 14.2. The second kappa shape index (κ2) is 13.2. The van der Waals surface area contributed by atoms with Crippen molar-refractivity contribution in [2.45, 2.75) is 19.5 Å². The third-order valence-corrected chi connectivity index (χ3v) is 4.69. The molecule has 1 aromatic heterocycles. The number of nitrogens with zero attached hydrogens (tertiary/aromatic N) is 2. The largest absolute Gasteiger partial charge is 0.467 e. The van der Waals surface area contributed by atoms with E-state index >= 15 is 0 Å². The van der Waals surface area contributed by atoms with Gasteiger partial charge in [0.25, 0.3) is 5.91 Å². The number of amides is 1. The van der Waals surface area contributed by atoms with Gasteiger partial charge < -0.3 is 25.5 Å². The minimum atomic E-state index is -0.151. The molecule has 0 unspecified atom stereocenters. The molecule has 2 heterocycles. The number of benzene rings is 1. The standard InChI is InChI=1S/C21H29N5O3.HI/c22-21(23-7-3-8-26-9-12-28-13-10-26)25-15-17-4-1-5-18(14-17)20(27)24-16-19-6-2-11-29-19;/h1-2,4-6,11,14H,3,7-10,12-13,15-16H2,(H,24,27)(H3,22,23,25);1H. The Kier molecular flexibility index (Phi) is 10.7. The smallest absolute Gasteiger partial charge is 0.251 e. The summed E-state index contributed by atoms with van der Waals surface area (Å²) in [5, 5.41) is 5.98. The van der Waals surface area contributed by atoms with Gasteiger partial charge in [-0.05, 0) is 42.8 Å². The highest BCUT2D eigenvalue weighted by atomic mass is 127. The topological polar surface area (TPSA) is 105 Å². The quantitative estimate of drug-likeness (QED) is 0.199. The molecule has 1 aliphatic heterocycles. The van der Waals surface area contributed by atoms with Crippen molar-refractivity contribution in [3.05, 3.63) is 59.5 Å². The Bertz CT molecular complexity index is 792. The number of nitrogens with two attached hydrogens (primary N) is 1. The van der Waals surface area contributed by atoms with Gasteiger partial charge in [-0.2, -0.15) is 0 Å². The summed E-state index contributed by atoms with van der Waals surface area (Å²) in [6.07, 6.45) is 2.59. The lowest BCUT2D eigenvalue weighted by Crippen LogP contribution is -2.39. The highest BCUT2D eigenvalue weighted by Gasteiger charge is 2.09. The van der Waals surface area contributed by atoms with E-state index in [2.05, 4.69) is 20.5 Å². The Hall–Kier alpha value is -2.11. The molecule has 2 aromatic rings. The number of rotatable bonds is 9. The zero-order chi connectivity index (χ0) is 20.3. The molecular weight excluding hydrogens is 497 g/mol. The number of halogens is 1. The van der Waals surface area contributed by atoms with Crippen LogP contribution in [-0.2, 0) is 17.8 Å². The number of nitrogens with one attached hydrogen (secondary N) is 2. The molecule has 8 nitrogen and oxygen atoms in total. The van der Waals surface area contributed by atoms with Crippen molar-refractivity contribution in [1.29, 1.82) is 0 Å². The summed E-state index contributed by atoms with van der Waals surface area (Å²) in [5.41, 5.74) is 7.47. The molecule has 1 aromatic carbocycles. The molecule has 0 aliphatic carbocycles. The SMILES string of the molecule is I.NC(=NCc1cccc(C(=O)NCc2ccco2)c1)NCCCN1CCOCC1. The van der Waals surface area contributed by atoms with E-state index in [1.165, 1.54) is 0 Å². The number of carbonyl (C=O) groups excluding carboxylic acids is 1. The average molecular weight is 527 g/mol. The Morgan fingerprint density at radius 1 is 1.17 bits per heavy atom. The van der Waals surface area contributed by atoms with E-state index in [1.54, 1.807) is 18.4 Å². The van der Waals surface area contributed by atoms with E-state index in [9.17, 15) is 4.79 Å². The molecule has 0 saturated carbocycles. The fraction of sp³-hybridized carbons (Fsp3) is 0.429. The van der Waals surface area contributed by atoms with Crippen LogP contribution in [0, 0.1) is 0 Å². The maximum atomic E-state index is 12.3. The molecular formula is C21H30IN5O3. The molecule has 3 rings (SSSR count). The summed E-state index contributed by atoms with van der Waals surface area (Å²) in [4.78, 5) is 19.1. The number of morpholine rings is 1. The van der Waals surface area contributed by atoms with Gasteiger partial charge in [-0.15, -0.1) is 24.0 Å². The Balaban J connectivity index is 0.00000320. The summed E-state index contributed by atoms with van der Waals surface area (Å²) in [5.74, 6) is 0.979. The average Bonchev–Trinajstić information content (AvgIpc) is 3.28. The highest BCUT2D eigenvalue weighted by molar-refractivity contribution is 14.0. The van der Waals surface area contributed by atoms with Crippen molar-refractivity contribution >= 4 is 35.8 Å². The van der Waals surface area contributed by atoms with E-state index in [0.717, 1.165) is 51.4 Å². The molecule has 0 spiro atoms. The van der Waals surface area contributed by atoms with Crippen LogP contribution in [0.25, 0.3) is 0 Å². The lowest BCUT2D eigenvalue weighted by Gasteiger charge is -2.26. The fourth-order valence-electron chi connectivity index (χ4n) is 3.07. The van der Waals surface area contributed by atoms with Crippen LogP contribution < -0.4 is 16.4 Å². The number of carbonyl (C=O) groups is 1. The van der Waals surface area contributed by atoms with Gasteiger partial charge in [0.05, 0.1) is 32.6 Å². The van der Waals surface area contributed by atoms with E-state index in [0.29, 0.717) is 30.4 Å². The Morgan fingerprint density at radius 2 is 2.00 bits per heavy atom. The van der Waals surface area contributed by atoms with Crippen molar-refractivity contribution in [2.75, 3.05) is 39.4 Å². The minimum absolute atomic E-state index is 0. The van der Waals surface area contributed by atoms with Crippen LogP contribution in [0.4, 0.5) is 0 Å². The third-order valence-electron chi connectivity index (χ3n) is 4.69. The van der Waals surface area contributed by atoms with Crippen LogP contribution in [0.1, 0.15) is 28.1 Å². The molecule has 164 valence electrons. The van der Waals surface area contributed by atoms with Crippen LogP contribution in [0.3, 0.4) is 0 Å². The molecule has 30 heavy (non-hydrogen) atoms. The second-order valence-corrected chi connectivity index (χ2v) is 6.90. The van der Waals surface area contributed by atoms with Crippen molar-refractivity contribution in [2.24, 2.45) is 10.7 Å². The van der Waals surface area contributed by atoms with Crippen LogP contribution in [0.2, 0.25) is 0 Å². The van der Waals surface area contributed by atoms with Crippen molar-refractivity contribution in [1.82, 2.24) is 15.5 Å². The minimum Gasteiger partial charge on any atom is -0.467 e. The molecule has 1 aliphatic rings. The predicted octanol–water partition coefficient (Wildman–Crippen LogP) is 1.95. The Morgan fingerprint density at radius 3 is 2.77 bits per heavy atom. The molecule has 9 heteroatoms. The zero-order valence-electron chi connectivity index (χ0n) is 17.0. The molecule has 0 radical (unpaired) electrons. The maximum absolute atomic E-state index is 12.3. The number of hydrogen-bond donors (Lipinski definition) is 3. The van der Waals surface area contributed by atoms with Crippen LogP contribution in [0.15, 0.2) is 52.1 Å². The van der Waals surface area contributed by atoms with Gasteiger partial charge in [0.2, 0.25) is 0 Å². The maximum Gasteiger partial charge on any atom is 0.251 e. The van der Waals surface area contributed by atoms with Crippen LogP contribution in [-0.4, -0.2) is 56.2 Å². The molecule has 0 bridgehead atoms. The first kappa shape index (κ1) is 24.2. The summed E-state index contributed by atoms with van der Waals surface area (Å²) in [7, 11) is 0. The van der Waals surface area contributed by atoms with E-state index in [1.807, 2.05) is 24.3 Å². The zero-order valence-corrected chi connectivity index (χ0v) is 19.3. The fourth-order valence-corrected chi connectivity index (χ4v) is 3.07. The van der Waals surface area contributed by atoms with Gasteiger partial charge in [-0.3, -0.25) is 9.69 Å². The van der Waals surface area contributed by atoms with E-state index in [4.69, 9.17) is 14.9 Å². The molecule has 1 amide bonds. The van der Waals surface area contributed by atoms with Gasteiger partial charge in [-0.1, -0.05) is 12.1 Å². The lowest BCUT2D eigenvalue weighted by atomic mass is 10.1. The lowest BCUT2D eigenvalue weighted by molar-refractivity contribution is 0.0376. The third kappa shape index (κ3) is 8.33.